The minimum absolute atomic E-state index is 0.0406. The molecule has 6 nitrogen and oxygen atoms in total. The highest BCUT2D eigenvalue weighted by Crippen LogP contribution is 2.39. The number of hydrogen-bond acceptors (Lipinski definition) is 4. The van der Waals surface area contributed by atoms with E-state index >= 15 is 0 Å². The maximum absolute atomic E-state index is 12.3. The molecular weight excluding hydrogens is 376 g/mol. The molecule has 0 radical (unpaired) electrons. The van der Waals surface area contributed by atoms with Gasteiger partial charge >= 0.3 is 0 Å². The molecule has 0 spiro atoms. The molecule has 0 aliphatic rings. The summed E-state index contributed by atoms with van der Waals surface area (Å²) in [6.07, 6.45) is 4.48. The van der Waals surface area contributed by atoms with Gasteiger partial charge in [-0.05, 0) is 44.1 Å². The van der Waals surface area contributed by atoms with Crippen LogP contribution in [-0.4, -0.2) is 33.6 Å². The van der Waals surface area contributed by atoms with E-state index < -0.39 is 5.91 Å². The van der Waals surface area contributed by atoms with Gasteiger partial charge < -0.3 is 5.11 Å². The van der Waals surface area contributed by atoms with Crippen molar-refractivity contribution < 1.29 is 9.90 Å². The monoisotopic (exact) mass is 406 g/mol. The van der Waals surface area contributed by atoms with E-state index in [4.69, 9.17) is 0 Å². The van der Waals surface area contributed by atoms with E-state index in [1.165, 1.54) is 0 Å². The maximum atomic E-state index is 12.3. The third kappa shape index (κ3) is 5.13. The summed E-state index contributed by atoms with van der Waals surface area (Å²) in [5.41, 5.74) is 1.68. The lowest BCUT2D eigenvalue weighted by Gasteiger charge is -2.23. The first-order valence-electron chi connectivity index (χ1n) is 10.7. The molecule has 158 valence electrons. The van der Waals surface area contributed by atoms with Gasteiger partial charge in [0.05, 0.1) is 12.2 Å². The van der Waals surface area contributed by atoms with Crippen LogP contribution in [0.4, 0.5) is 5.69 Å². The number of aromatic hydroxyl groups is 1. The van der Waals surface area contributed by atoms with Crippen LogP contribution >= 0.6 is 0 Å². The lowest BCUT2D eigenvalue weighted by atomic mass is 10.2. The van der Waals surface area contributed by atoms with Crippen LogP contribution in [0.2, 0.25) is 0 Å². The third-order valence-corrected chi connectivity index (χ3v) is 5.18. The molecule has 1 heterocycles. The van der Waals surface area contributed by atoms with E-state index in [-0.39, 0.29) is 5.88 Å². The van der Waals surface area contributed by atoms with Gasteiger partial charge in [-0.1, -0.05) is 63.1 Å². The number of hydrogen-bond donors (Lipinski definition) is 1. The number of azo groups is 1. The zero-order chi connectivity index (χ0) is 21.3. The predicted molar refractivity (Wildman–Crippen MR) is 120 cm³/mol. The maximum Gasteiger partial charge on any atom is 0.295 e. The van der Waals surface area contributed by atoms with Crippen molar-refractivity contribution in [3.8, 4) is 5.88 Å². The van der Waals surface area contributed by atoms with Crippen LogP contribution in [0.5, 0.6) is 5.88 Å². The van der Waals surface area contributed by atoms with Crippen LogP contribution in [0.15, 0.2) is 64.8 Å². The standard InChI is InChI=1S/C24H30N4O2/c1-3-5-16-27(17-6-4-2)18-28-21-15-11-10-14-20(21)22(24(28)30)25-26-23(29)19-12-8-7-9-13-19/h7-15,30H,3-6,16-18H2,1-2H3. The molecule has 3 aromatic rings. The van der Waals surface area contributed by atoms with Gasteiger partial charge in [-0.3, -0.25) is 14.3 Å². The molecule has 0 aliphatic carbocycles. The molecule has 1 aromatic heterocycles. The Morgan fingerprint density at radius 2 is 1.60 bits per heavy atom. The Kier molecular flexibility index (Phi) is 7.74. The molecule has 0 atom stereocenters. The molecule has 1 amide bonds. The highest BCUT2D eigenvalue weighted by atomic mass is 16.3. The van der Waals surface area contributed by atoms with Crippen LogP contribution in [0.3, 0.4) is 0 Å². The van der Waals surface area contributed by atoms with Crippen molar-refractivity contribution in [1.29, 1.82) is 0 Å². The molecule has 0 saturated heterocycles. The topological polar surface area (TPSA) is 70.2 Å². The summed E-state index contributed by atoms with van der Waals surface area (Å²) >= 11 is 0. The van der Waals surface area contributed by atoms with Crippen molar-refractivity contribution in [3.05, 3.63) is 60.2 Å². The summed E-state index contributed by atoms with van der Waals surface area (Å²) < 4.78 is 1.86. The van der Waals surface area contributed by atoms with Crippen molar-refractivity contribution in [2.45, 2.75) is 46.2 Å². The predicted octanol–water partition coefficient (Wildman–Crippen LogP) is 6.13. The number of fused-ring (bicyclic) bond motifs is 1. The second-order valence-electron chi connectivity index (χ2n) is 7.46. The van der Waals surface area contributed by atoms with Crippen molar-refractivity contribution in [2.24, 2.45) is 10.2 Å². The number of unbranched alkanes of at least 4 members (excludes halogenated alkanes) is 2. The SMILES string of the molecule is CCCCN(CCCC)Cn1c(O)c(N=NC(=O)c2ccccc2)c2ccccc21. The largest absolute Gasteiger partial charge is 0.493 e. The van der Waals surface area contributed by atoms with Crippen LogP contribution < -0.4 is 0 Å². The minimum Gasteiger partial charge on any atom is -0.493 e. The summed E-state index contributed by atoms with van der Waals surface area (Å²) in [5, 5.41) is 19.8. The minimum atomic E-state index is -0.431. The fourth-order valence-electron chi connectivity index (χ4n) is 3.46. The Morgan fingerprint density at radius 1 is 0.967 bits per heavy atom. The smallest absolute Gasteiger partial charge is 0.295 e. The van der Waals surface area contributed by atoms with Crippen LogP contribution in [0.25, 0.3) is 10.9 Å². The van der Waals surface area contributed by atoms with Crippen molar-refractivity contribution in [3.63, 3.8) is 0 Å². The molecule has 3 rings (SSSR count). The zero-order valence-corrected chi connectivity index (χ0v) is 17.8. The third-order valence-electron chi connectivity index (χ3n) is 5.18. The highest BCUT2D eigenvalue weighted by Gasteiger charge is 2.18. The van der Waals surface area contributed by atoms with Gasteiger partial charge in [0.25, 0.3) is 5.91 Å². The average Bonchev–Trinajstić information content (AvgIpc) is 3.05. The summed E-state index contributed by atoms with van der Waals surface area (Å²) in [7, 11) is 0. The number of carbonyl (C=O) groups excluding carboxylic acids is 1. The number of carbonyl (C=O) groups is 1. The fraction of sp³-hybridized carbons (Fsp3) is 0.375. The van der Waals surface area contributed by atoms with Gasteiger partial charge in [0, 0.05) is 10.9 Å². The molecule has 2 aromatic carbocycles. The number of para-hydroxylation sites is 1. The molecule has 0 fully saturated rings. The van der Waals surface area contributed by atoms with Crippen LogP contribution in [0, 0.1) is 0 Å². The van der Waals surface area contributed by atoms with Crippen molar-refractivity contribution in [2.75, 3.05) is 13.1 Å². The number of rotatable bonds is 10. The lowest BCUT2D eigenvalue weighted by Crippen LogP contribution is -2.28. The van der Waals surface area contributed by atoms with Gasteiger partial charge in [0.1, 0.15) is 0 Å². The Bertz CT molecular complexity index is 987. The summed E-state index contributed by atoms with van der Waals surface area (Å²) in [4.78, 5) is 14.7. The first kappa shape index (κ1) is 21.7. The molecule has 0 aliphatic heterocycles. The first-order valence-corrected chi connectivity index (χ1v) is 10.7. The van der Waals surface area contributed by atoms with Gasteiger partial charge in [-0.2, -0.15) is 0 Å². The Hall–Kier alpha value is -2.99. The summed E-state index contributed by atoms with van der Waals surface area (Å²) in [6.45, 7) is 6.90. The number of aromatic nitrogens is 1. The number of amides is 1. The van der Waals surface area contributed by atoms with Gasteiger partial charge in [0.2, 0.25) is 5.88 Å². The number of benzene rings is 2. The normalized spacial score (nSPS) is 11.7. The molecular formula is C24H30N4O2. The molecule has 6 heteroatoms. The Labute approximate surface area is 177 Å². The summed E-state index contributed by atoms with van der Waals surface area (Å²) in [5.74, 6) is -0.391. The van der Waals surface area contributed by atoms with Crippen molar-refractivity contribution >= 4 is 22.5 Å². The highest BCUT2D eigenvalue weighted by molar-refractivity contribution is 5.97. The molecule has 1 N–H and O–H groups in total. The molecule has 0 bridgehead atoms. The van der Waals surface area contributed by atoms with Crippen molar-refractivity contribution in [1.82, 2.24) is 9.47 Å². The van der Waals surface area contributed by atoms with E-state index in [1.807, 2.05) is 34.9 Å². The molecule has 30 heavy (non-hydrogen) atoms. The van der Waals surface area contributed by atoms with E-state index in [0.29, 0.717) is 17.9 Å². The van der Waals surface area contributed by atoms with E-state index in [9.17, 15) is 9.90 Å². The molecule has 0 saturated carbocycles. The van der Waals surface area contributed by atoms with Gasteiger partial charge in [0.15, 0.2) is 5.69 Å². The zero-order valence-electron chi connectivity index (χ0n) is 17.8. The number of nitrogens with zero attached hydrogens (tertiary/aromatic N) is 4. The van der Waals surface area contributed by atoms with E-state index in [1.54, 1.807) is 24.3 Å². The average molecular weight is 407 g/mol. The van der Waals surface area contributed by atoms with Gasteiger partial charge in [-0.25, -0.2) is 0 Å². The first-order chi connectivity index (χ1) is 14.7. The Morgan fingerprint density at radius 3 is 2.27 bits per heavy atom. The van der Waals surface area contributed by atoms with E-state index in [0.717, 1.165) is 49.7 Å². The van der Waals surface area contributed by atoms with Crippen LogP contribution in [0.1, 0.15) is 49.9 Å². The summed E-state index contributed by atoms with van der Waals surface area (Å²) in [6, 6.07) is 16.5. The second kappa shape index (κ2) is 10.7. The lowest BCUT2D eigenvalue weighted by molar-refractivity contribution is 0.0995. The van der Waals surface area contributed by atoms with Crippen LogP contribution in [-0.2, 0) is 6.67 Å². The fourth-order valence-corrected chi connectivity index (χ4v) is 3.46. The van der Waals surface area contributed by atoms with Gasteiger partial charge in [-0.15, -0.1) is 10.2 Å². The second-order valence-corrected chi connectivity index (χ2v) is 7.46. The van der Waals surface area contributed by atoms with E-state index in [2.05, 4.69) is 29.0 Å². The Balaban J connectivity index is 1.92. The molecule has 0 unspecified atom stereocenters. The quantitative estimate of drug-likeness (QED) is 0.412.